The standard InChI is InChI=1S/C9H13NO2S/c1-9(2,3)8-10-6(5-13-8)7(11)12-4/h5H,1-4H3. The van der Waals surface area contributed by atoms with Crippen LogP contribution in [0, 0.1) is 0 Å². The first-order valence-electron chi connectivity index (χ1n) is 3.99. The molecule has 0 spiro atoms. The van der Waals surface area contributed by atoms with Crippen LogP contribution in [0.5, 0.6) is 0 Å². The zero-order valence-electron chi connectivity index (χ0n) is 8.25. The van der Waals surface area contributed by atoms with Crippen LogP contribution >= 0.6 is 11.3 Å². The molecular formula is C9H13NO2S. The fourth-order valence-electron chi connectivity index (χ4n) is 0.817. The number of thiazole rings is 1. The van der Waals surface area contributed by atoms with E-state index in [1.54, 1.807) is 5.38 Å². The number of aromatic nitrogens is 1. The molecule has 1 aromatic rings. The van der Waals surface area contributed by atoms with Crippen molar-refractivity contribution < 1.29 is 9.53 Å². The van der Waals surface area contributed by atoms with Crippen molar-refractivity contribution >= 4 is 17.3 Å². The Morgan fingerprint density at radius 3 is 2.54 bits per heavy atom. The van der Waals surface area contributed by atoms with Gasteiger partial charge in [0.2, 0.25) is 0 Å². The first-order valence-corrected chi connectivity index (χ1v) is 4.87. The molecule has 1 heterocycles. The smallest absolute Gasteiger partial charge is 0.357 e. The molecular weight excluding hydrogens is 186 g/mol. The zero-order chi connectivity index (χ0) is 10.1. The lowest BCUT2D eigenvalue weighted by Crippen LogP contribution is -2.11. The van der Waals surface area contributed by atoms with Crippen LogP contribution in [0.4, 0.5) is 0 Å². The number of hydrogen-bond donors (Lipinski definition) is 0. The van der Waals surface area contributed by atoms with E-state index in [4.69, 9.17) is 0 Å². The second-order valence-corrected chi connectivity index (χ2v) is 4.64. The number of carbonyl (C=O) groups is 1. The van der Waals surface area contributed by atoms with E-state index in [2.05, 4.69) is 30.5 Å². The minimum absolute atomic E-state index is 0.00304. The van der Waals surface area contributed by atoms with E-state index in [-0.39, 0.29) is 11.4 Å². The summed E-state index contributed by atoms with van der Waals surface area (Å²) in [6.45, 7) is 6.19. The molecule has 0 N–H and O–H groups in total. The van der Waals surface area contributed by atoms with E-state index in [0.29, 0.717) is 5.69 Å². The van der Waals surface area contributed by atoms with Gasteiger partial charge in [-0.3, -0.25) is 0 Å². The number of hydrogen-bond acceptors (Lipinski definition) is 4. The third-order valence-corrected chi connectivity index (χ3v) is 2.81. The summed E-state index contributed by atoms with van der Waals surface area (Å²) in [5.74, 6) is -0.369. The third-order valence-electron chi connectivity index (χ3n) is 1.54. The highest BCUT2D eigenvalue weighted by atomic mass is 32.1. The number of nitrogens with zero attached hydrogens (tertiary/aromatic N) is 1. The van der Waals surface area contributed by atoms with E-state index in [1.165, 1.54) is 18.4 Å². The lowest BCUT2D eigenvalue weighted by atomic mass is 9.98. The largest absolute Gasteiger partial charge is 0.464 e. The van der Waals surface area contributed by atoms with Crippen LogP contribution in [0.2, 0.25) is 0 Å². The molecule has 1 aromatic heterocycles. The van der Waals surface area contributed by atoms with Crippen LogP contribution in [0.3, 0.4) is 0 Å². The minimum Gasteiger partial charge on any atom is -0.464 e. The molecule has 4 heteroatoms. The van der Waals surface area contributed by atoms with E-state index < -0.39 is 0 Å². The molecule has 0 unspecified atom stereocenters. The fraction of sp³-hybridized carbons (Fsp3) is 0.556. The Balaban J connectivity index is 2.93. The van der Waals surface area contributed by atoms with Crippen LogP contribution in [0.15, 0.2) is 5.38 Å². The van der Waals surface area contributed by atoms with Crippen LogP contribution in [-0.2, 0) is 10.2 Å². The summed E-state index contributed by atoms with van der Waals surface area (Å²) in [5, 5.41) is 2.68. The van der Waals surface area contributed by atoms with Crippen LogP contribution in [-0.4, -0.2) is 18.1 Å². The molecule has 0 saturated carbocycles. The van der Waals surface area contributed by atoms with Crippen molar-refractivity contribution in [1.82, 2.24) is 4.98 Å². The number of carbonyl (C=O) groups excluding carboxylic acids is 1. The average Bonchev–Trinajstić information content (AvgIpc) is 2.50. The molecule has 0 aliphatic carbocycles. The Kier molecular flexibility index (Phi) is 2.71. The van der Waals surface area contributed by atoms with Gasteiger partial charge in [0.25, 0.3) is 0 Å². The molecule has 0 saturated heterocycles. The SMILES string of the molecule is COC(=O)c1csc(C(C)(C)C)n1. The molecule has 3 nitrogen and oxygen atoms in total. The number of rotatable bonds is 1. The van der Waals surface area contributed by atoms with Gasteiger partial charge in [0.1, 0.15) is 0 Å². The van der Waals surface area contributed by atoms with Crippen LogP contribution < -0.4 is 0 Å². The minimum atomic E-state index is -0.369. The predicted molar refractivity (Wildman–Crippen MR) is 52.2 cm³/mol. The average molecular weight is 199 g/mol. The molecule has 0 aliphatic heterocycles. The van der Waals surface area contributed by atoms with Crippen LogP contribution in [0.1, 0.15) is 36.3 Å². The lowest BCUT2D eigenvalue weighted by molar-refractivity contribution is 0.0594. The highest BCUT2D eigenvalue weighted by molar-refractivity contribution is 7.10. The molecule has 0 bridgehead atoms. The van der Waals surface area contributed by atoms with Gasteiger partial charge in [0.05, 0.1) is 12.1 Å². The Hall–Kier alpha value is -0.900. The summed E-state index contributed by atoms with van der Waals surface area (Å²) < 4.78 is 4.57. The summed E-state index contributed by atoms with van der Waals surface area (Å²) in [7, 11) is 1.36. The maximum absolute atomic E-state index is 11.1. The predicted octanol–water partition coefficient (Wildman–Crippen LogP) is 2.23. The van der Waals surface area contributed by atoms with Gasteiger partial charge in [-0.1, -0.05) is 20.8 Å². The highest BCUT2D eigenvalue weighted by Crippen LogP contribution is 2.25. The zero-order valence-corrected chi connectivity index (χ0v) is 9.07. The number of ether oxygens (including phenoxy) is 1. The molecule has 0 amide bonds. The summed E-state index contributed by atoms with van der Waals surface area (Å²) in [6.07, 6.45) is 0. The van der Waals surface area contributed by atoms with Gasteiger partial charge in [-0.2, -0.15) is 0 Å². The number of esters is 1. The summed E-state index contributed by atoms with van der Waals surface area (Å²) in [5.41, 5.74) is 0.397. The van der Waals surface area contributed by atoms with E-state index in [9.17, 15) is 4.79 Å². The van der Waals surface area contributed by atoms with Crippen molar-refractivity contribution in [3.63, 3.8) is 0 Å². The highest BCUT2D eigenvalue weighted by Gasteiger charge is 2.20. The van der Waals surface area contributed by atoms with Crippen molar-refractivity contribution in [3.05, 3.63) is 16.1 Å². The van der Waals surface area contributed by atoms with Crippen molar-refractivity contribution in [1.29, 1.82) is 0 Å². The van der Waals surface area contributed by atoms with Crippen molar-refractivity contribution in [3.8, 4) is 0 Å². The van der Waals surface area contributed by atoms with Gasteiger partial charge >= 0.3 is 5.97 Å². The molecule has 0 aliphatic rings. The second kappa shape index (κ2) is 3.46. The molecule has 0 atom stereocenters. The van der Waals surface area contributed by atoms with Gasteiger partial charge in [-0.15, -0.1) is 11.3 Å². The fourth-order valence-corrected chi connectivity index (χ4v) is 1.69. The van der Waals surface area contributed by atoms with Crippen molar-refractivity contribution in [2.45, 2.75) is 26.2 Å². The number of methoxy groups -OCH3 is 1. The summed E-state index contributed by atoms with van der Waals surface area (Å²) >= 11 is 1.49. The maximum atomic E-state index is 11.1. The molecule has 0 radical (unpaired) electrons. The van der Waals surface area contributed by atoms with Crippen molar-refractivity contribution in [2.75, 3.05) is 7.11 Å². The Morgan fingerprint density at radius 1 is 1.54 bits per heavy atom. The molecule has 13 heavy (non-hydrogen) atoms. The first kappa shape index (κ1) is 10.2. The second-order valence-electron chi connectivity index (χ2n) is 3.78. The van der Waals surface area contributed by atoms with Crippen LogP contribution in [0.25, 0.3) is 0 Å². The normalized spacial score (nSPS) is 11.4. The molecule has 0 fully saturated rings. The van der Waals surface area contributed by atoms with Gasteiger partial charge in [0, 0.05) is 10.8 Å². The van der Waals surface area contributed by atoms with Crippen molar-refractivity contribution in [2.24, 2.45) is 0 Å². The Bertz CT molecular complexity index is 312. The topological polar surface area (TPSA) is 39.2 Å². The maximum Gasteiger partial charge on any atom is 0.357 e. The Labute approximate surface area is 81.8 Å². The Morgan fingerprint density at radius 2 is 2.15 bits per heavy atom. The first-order chi connectivity index (χ1) is 5.95. The van der Waals surface area contributed by atoms with Gasteiger partial charge in [-0.05, 0) is 0 Å². The van der Waals surface area contributed by atoms with Gasteiger partial charge in [0.15, 0.2) is 5.69 Å². The molecule has 0 aromatic carbocycles. The molecule has 1 rings (SSSR count). The van der Waals surface area contributed by atoms with E-state index >= 15 is 0 Å². The van der Waals surface area contributed by atoms with Gasteiger partial charge < -0.3 is 4.74 Å². The molecule has 72 valence electrons. The quantitative estimate of drug-likeness (QED) is 0.651. The summed E-state index contributed by atoms with van der Waals surface area (Å²) in [6, 6.07) is 0. The van der Waals surface area contributed by atoms with E-state index in [1.807, 2.05) is 0 Å². The van der Waals surface area contributed by atoms with Gasteiger partial charge in [-0.25, -0.2) is 9.78 Å². The van der Waals surface area contributed by atoms with E-state index in [0.717, 1.165) is 5.01 Å². The monoisotopic (exact) mass is 199 g/mol. The summed E-state index contributed by atoms with van der Waals surface area (Å²) in [4.78, 5) is 15.3. The lowest BCUT2D eigenvalue weighted by Gasteiger charge is -2.13. The third kappa shape index (κ3) is 2.28.